The minimum atomic E-state index is 0.472. The molecule has 3 rings (SSSR count). The van der Waals surface area contributed by atoms with E-state index in [1.807, 2.05) is 12.4 Å². The monoisotopic (exact) mass is 234 g/mol. The Kier molecular flexibility index (Phi) is 2.92. The SMILES string of the molecule is Cn1ccnc1CCN1C[C@H]2CC[C@@H](C1)C2N. The van der Waals surface area contributed by atoms with Crippen LogP contribution in [0.4, 0.5) is 0 Å². The third kappa shape index (κ3) is 2.11. The van der Waals surface area contributed by atoms with E-state index >= 15 is 0 Å². The van der Waals surface area contributed by atoms with Gasteiger partial charge >= 0.3 is 0 Å². The second-order valence-corrected chi connectivity index (χ2v) is 5.64. The standard InChI is InChI=1S/C13H22N4/c1-16-7-5-15-12(16)4-6-17-8-10-2-3-11(9-17)13(10)14/h5,7,10-11,13H,2-4,6,8-9,14H2,1H3/t10-,11+,13?. The van der Waals surface area contributed by atoms with Crippen LogP contribution in [0.2, 0.25) is 0 Å². The molecule has 3 atom stereocenters. The molecule has 0 amide bonds. The molecule has 2 bridgehead atoms. The summed E-state index contributed by atoms with van der Waals surface area (Å²) in [6, 6.07) is 0.472. The first-order valence-electron chi connectivity index (χ1n) is 6.68. The van der Waals surface area contributed by atoms with Gasteiger partial charge in [-0.3, -0.25) is 0 Å². The van der Waals surface area contributed by atoms with E-state index in [1.165, 1.54) is 31.8 Å². The fourth-order valence-corrected chi connectivity index (χ4v) is 3.44. The summed E-state index contributed by atoms with van der Waals surface area (Å²) in [7, 11) is 2.07. The number of fused-ring (bicyclic) bond motifs is 2. The van der Waals surface area contributed by atoms with Crippen LogP contribution in [0.3, 0.4) is 0 Å². The number of imidazole rings is 1. The number of aryl methyl sites for hydroxylation is 1. The Hall–Kier alpha value is -0.870. The normalized spacial score (nSPS) is 33.2. The van der Waals surface area contributed by atoms with Gasteiger partial charge in [0.15, 0.2) is 0 Å². The van der Waals surface area contributed by atoms with Crippen LogP contribution in [0.1, 0.15) is 18.7 Å². The number of hydrogen-bond acceptors (Lipinski definition) is 3. The number of rotatable bonds is 3. The number of aromatic nitrogens is 2. The van der Waals surface area contributed by atoms with Gasteiger partial charge in [0.05, 0.1) is 0 Å². The molecule has 2 N–H and O–H groups in total. The summed E-state index contributed by atoms with van der Waals surface area (Å²) < 4.78 is 2.12. The number of likely N-dealkylation sites (tertiary alicyclic amines) is 1. The van der Waals surface area contributed by atoms with Gasteiger partial charge in [-0.05, 0) is 24.7 Å². The van der Waals surface area contributed by atoms with Crippen molar-refractivity contribution in [1.82, 2.24) is 14.5 Å². The van der Waals surface area contributed by atoms with Crippen LogP contribution in [-0.4, -0.2) is 40.1 Å². The van der Waals surface area contributed by atoms with E-state index in [9.17, 15) is 0 Å². The van der Waals surface area contributed by atoms with Gasteiger partial charge in [-0.15, -0.1) is 0 Å². The van der Waals surface area contributed by atoms with Crippen molar-refractivity contribution in [2.75, 3.05) is 19.6 Å². The molecule has 1 aromatic rings. The summed E-state index contributed by atoms with van der Waals surface area (Å²) in [6.45, 7) is 3.52. The molecule has 4 nitrogen and oxygen atoms in total. The van der Waals surface area contributed by atoms with Crippen molar-refractivity contribution in [3.05, 3.63) is 18.2 Å². The smallest absolute Gasteiger partial charge is 0.109 e. The molecule has 1 aromatic heterocycles. The maximum Gasteiger partial charge on any atom is 0.109 e. The Balaban J connectivity index is 1.56. The molecule has 17 heavy (non-hydrogen) atoms. The topological polar surface area (TPSA) is 47.1 Å². The third-order valence-corrected chi connectivity index (χ3v) is 4.55. The molecule has 0 aromatic carbocycles. The summed E-state index contributed by atoms with van der Waals surface area (Å²) in [5, 5.41) is 0. The lowest BCUT2D eigenvalue weighted by molar-refractivity contribution is 0.148. The lowest BCUT2D eigenvalue weighted by atomic mass is 9.93. The molecule has 4 heteroatoms. The van der Waals surface area contributed by atoms with Gasteiger partial charge in [0.2, 0.25) is 0 Å². The minimum Gasteiger partial charge on any atom is -0.338 e. The van der Waals surface area contributed by atoms with E-state index in [4.69, 9.17) is 5.73 Å². The van der Waals surface area contributed by atoms with Gasteiger partial charge in [0.25, 0.3) is 0 Å². The van der Waals surface area contributed by atoms with Crippen molar-refractivity contribution >= 4 is 0 Å². The van der Waals surface area contributed by atoms with Crippen molar-refractivity contribution in [3.63, 3.8) is 0 Å². The van der Waals surface area contributed by atoms with Crippen molar-refractivity contribution < 1.29 is 0 Å². The molecular formula is C13H22N4. The summed E-state index contributed by atoms with van der Waals surface area (Å²) in [4.78, 5) is 6.96. The van der Waals surface area contributed by atoms with Crippen LogP contribution in [-0.2, 0) is 13.5 Å². The number of hydrogen-bond donors (Lipinski definition) is 1. The third-order valence-electron chi connectivity index (χ3n) is 4.55. The molecule has 1 aliphatic carbocycles. The quantitative estimate of drug-likeness (QED) is 0.834. The molecule has 1 aliphatic heterocycles. The fourth-order valence-electron chi connectivity index (χ4n) is 3.44. The van der Waals surface area contributed by atoms with Gasteiger partial charge in [-0.2, -0.15) is 0 Å². The van der Waals surface area contributed by atoms with Crippen LogP contribution in [0, 0.1) is 11.8 Å². The van der Waals surface area contributed by atoms with Crippen molar-refractivity contribution in [2.24, 2.45) is 24.6 Å². The van der Waals surface area contributed by atoms with Gasteiger partial charge in [-0.1, -0.05) is 0 Å². The summed E-state index contributed by atoms with van der Waals surface area (Å²) in [5.74, 6) is 2.68. The summed E-state index contributed by atoms with van der Waals surface area (Å²) >= 11 is 0. The van der Waals surface area contributed by atoms with Crippen LogP contribution in [0.15, 0.2) is 12.4 Å². The van der Waals surface area contributed by atoms with E-state index in [-0.39, 0.29) is 0 Å². The Morgan fingerprint density at radius 1 is 1.35 bits per heavy atom. The van der Waals surface area contributed by atoms with Crippen LogP contribution in [0.25, 0.3) is 0 Å². The van der Waals surface area contributed by atoms with E-state index < -0.39 is 0 Å². The average molecular weight is 234 g/mol. The summed E-state index contributed by atoms with van der Waals surface area (Å²) in [6.07, 6.45) is 7.63. The maximum atomic E-state index is 6.22. The van der Waals surface area contributed by atoms with Crippen molar-refractivity contribution in [1.29, 1.82) is 0 Å². The van der Waals surface area contributed by atoms with Gasteiger partial charge in [0.1, 0.15) is 5.82 Å². The maximum absolute atomic E-state index is 6.22. The molecule has 0 spiro atoms. The van der Waals surface area contributed by atoms with E-state index in [2.05, 4.69) is 21.5 Å². The molecular weight excluding hydrogens is 212 g/mol. The molecule has 1 saturated carbocycles. The first kappa shape index (κ1) is 11.2. The van der Waals surface area contributed by atoms with E-state index in [0.717, 1.165) is 24.8 Å². The fraction of sp³-hybridized carbons (Fsp3) is 0.769. The van der Waals surface area contributed by atoms with Crippen LogP contribution in [0.5, 0.6) is 0 Å². The molecule has 2 fully saturated rings. The van der Waals surface area contributed by atoms with Crippen molar-refractivity contribution in [3.8, 4) is 0 Å². The Morgan fingerprint density at radius 3 is 2.65 bits per heavy atom. The summed E-state index contributed by atoms with van der Waals surface area (Å²) in [5.41, 5.74) is 6.22. The van der Waals surface area contributed by atoms with Gasteiger partial charge < -0.3 is 15.2 Å². The number of nitrogens with two attached hydrogens (primary N) is 1. The second kappa shape index (κ2) is 4.42. The predicted molar refractivity (Wildman–Crippen MR) is 67.5 cm³/mol. The highest BCUT2D eigenvalue weighted by atomic mass is 15.2. The molecule has 1 saturated heterocycles. The van der Waals surface area contributed by atoms with Gasteiger partial charge in [-0.25, -0.2) is 4.98 Å². The average Bonchev–Trinajstić information content (AvgIpc) is 2.78. The highest BCUT2D eigenvalue weighted by Gasteiger charge is 2.39. The largest absolute Gasteiger partial charge is 0.338 e. The zero-order valence-electron chi connectivity index (χ0n) is 10.5. The molecule has 2 aliphatic rings. The van der Waals surface area contributed by atoms with Gasteiger partial charge in [0, 0.05) is 51.5 Å². The Labute approximate surface area is 103 Å². The highest BCUT2D eigenvalue weighted by molar-refractivity contribution is 4.97. The number of piperidine rings is 1. The Morgan fingerprint density at radius 2 is 2.06 bits per heavy atom. The Bertz CT molecular complexity index is 373. The lowest BCUT2D eigenvalue weighted by Gasteiger charge is -2.36. The zero-order valence-corrected chi connectivity index (χ0v) is 10.5. The van der Waals surface area contributed by atoms with E-state index in [1.54, 1.807) is 0 Å². The molecule has 94 valence electrons. The molecule has 2 heterocycles. The molecule has 0 radical (unpaired) electrons. The zero-order chi connectivity index (χ0) is 11.8. The first-order chi connectivity index (χ1) is 8.24. The van der Waals surface area contributed by atoms with Crippen LogP contribution < -0.4 is 5.73 Å². The number of nitrogens with zero attached hydrogens (tertiary/aromatic N) is 3. The second-order valence-electron chi connectivity index (χ2n) is 5.64. The van der Waals surface area contributed by atoms with Crippen molar-refractivity contribution in [2.45, 2.75) is 25.3 Å². The van der Waals surface area contributed by atoms with Crippen LogP contribution >= 0.6 is 0 Å². The molecule has 1 unspecified atom stereocenters. The first-order valence-corrected chi connectivity index (χ1v) is 6.68. The predicted octanol–water partition coefficient (Wildman–Crippen LogP) is 0.632. The minimum absolute atomic E-state index is 0.472. The highest BCUT2D eigenvalue weighted by Crippen LogP contribution is 2.35. The van der Waals surface area contributed by atoms with E-state index in [0.29, 0.717) is 6.04 Å². The lowest BCUT2D eigenvalue weighted by Crippen LogP contribution is -2.49.